The molecule has 0 aliphatic heterocycles. The van der Waals surface area contributed by atoms with Gasteiger partial charge in [0.25, 0.3) is 0 Å². The van der Waals surface area contributed by atoms with Crippen LogP contribution in [0.2, 0.25) is 5.02 Å². The van der Waals surface area contributed by atoms with Crippen molar-refractivity contribution in [1.82, 2.24) is 10.2 Å². The van der Waals surface area contributed by atoms with Gasteiger partial charge in [0.1, 0.15) is 0 Å². The van der Waals surface area contributed by atoms with E-state index in [0.29, 0.717) is 24.0 Å². The molecular formula is C17H27ClN2O. The lowest BCUT2D eigenvalue weighted by Gasteiger charge is -2.27. The highest BCUT2D eigenvalue weighted by Crippen LogP contribution is 2.15. The summed E-state index contributed by atoms with van der Waals surface area (Å²) < 4.78 is 0. The maximum absolute atomic E-state index is 12.4. The number of benzene rings is 1. The Morgan fingerprint density at radius 2 is 2.00 bits per heavy atom. The Hall–Kier alpha value is -1.06. The first kappa shape index (κ1) is 18.0. The molecule has 0 aliphatic rings. The minimum absolute atomic E-state index is 0.189. The molecule has 0 fully saturated rings. The topological polar surface area (TPSA) is 32.3 Å². The number of nitrogens with zero attached hydrogens (tertiary/aromatic N) is 1. The van der Waals surface area contributed by atoms with Gasteiger partial charge in [0.15, 0.2) is 0 Å². The first-order valence-corrected chi connectivity index (χ1v) is 8.05. The number of halogens is 1. The smallest absolute Gasteiger partial charge is 0.223 e. The van der Waals surface area contributed by atoms with Crippen LogP contribution in [-0.2, 0) is 11.3 Å². The molecule has 1 N–H and O–H groups in total. The van der Waals surface area contributed by atoms with Crippen molar-refractivity contribution in [3.8, 4) is 0 Å². The Balaban J connectivity index is 2.54. The van der Waals surface area contributed by atoms with Crippen molar-refractivity contribution in [3.05, 3.63) is 34.9 Å². The molecule has 3 nitrogen and oxygen atoms in total. The van der Waals surface area contributed by atoms with Crippen LogP contribution in [0.15, 0.2) is 24.3 Å². The molecule has 0 atom stereocenters. The van der Waals surface area contributed by atoms with Gasteiger partial charge in [-0.3, -0.25) is 4.79 Å². The molecule has 118 valence electrons. The van der Waals surface area contributed by atoms with Crippen LogP contribution in [0.3, 0.4) is 0 Å². The summed E-state index contributed by atoms with van der Waals surface area (Å²) in [6.07, 6.45) is 1.45. The SMILES string of the molecule is CC(C)NCCCC(=O)N(Cc1cccc(Cl)c1)C(C)C. The summed E-state index contributed by atoms with van der Waals surface area (Å²) >= 11 is 6.01. The number of hydrogen-bond acceptors (Lipinski definition) is 2. The zero-order valence-electron chi connectivity index (χ0n) is 13.5. The highest BCUT2D eigenvalue weighted by Gasteiger charge is 2.17. The second-order valence-corrected chi connectivity index (χ2v) is 6.39. The molecule has 0 unspecified atom stereocenters. The van der Waals surface area contributed by atoms with Gasteiger partial charge in [-0.25, -0.2) is 0 Å². The van der Waals surface area contributed by atoms with Crippen LogP contribution in [0.25, 0.3) is 0 Å². The lowest BCUT2D eigenvalue weighted by atomic mass is 10.1. The van der Waals surface area contributed by atoms with Gasteiger partial charge in [-0.1, -0.05) is 37.6 Å². The third-order valence-electron chi connectivity index (χ3n) is 3.31. The fraction of sp³-hybridized carbons (Fsp3) is 0.588. The highest BCUT2D eigenvalue weighted by atomic mass is 35.5. The summed E-state index contributed by atoms with van der Waals surface area (Å²) in [6, 6.07) is 8.36. The van der Waals surface area contributed by atoms with E-state index in [-0.39, 0.29) is 11.9 Å². The molecule has 0 saturated carbocycles. The van der Waals surface area contributed by atoms with E-state index in [2.05, 4.69) is 33.0 Å². The molecule has 0 spiro atoms. The largest absolute Gasteiger partial charge is 0.336 e. The summed E-state index contributed by atoms with van der Waals surface area (Å²) in [7, 11) is 0. The molecule has 1 aromatic carbocycles. The van der Waals surface area contributed by atoms with Crippen molar-refractivity contribution >= 4 is 17.5 Å². The maximum Gasteiger partial charge on any atom is 0.223 e. The Kier molecular flexibility index (Phi) is 7.76. The second-order valence-electron chi connectivity index (χ2n) is 5.96. The van der Waals surface area contributed by atoms with E-state index in [1.165, 1.54) is 0 Å². The fourth-order valence-corrected chi connectivity index (χ4v) is 2.38. The lowest BCUT2D eigenvalue weighted by Crippen LogP contribution is -2.36. The van der Waals surface area contributed by atoms with Gasteiger partial charge in [0.2, 0.25) is 5.91 Å². The summed E-state index contributed by atoms with van der Waals surface area (Å²) in [4.78, 5) is 14.3. The molecule has 1 rings (SSSR count). The number of amides is 1. The lowest BCUT2D eigenvalue weighted by molar-refractivity contribution is -0.133. The summed E-state index contributed by atoms with van der Waals surface area (Å²) in [5.74, 6) is 0.204. The van der Waals surface area contributed by atoms with Crippen molar-refractivity contribution in [2.24, 2.45) is 0 Å². The molecule has 0 heterocycles. The van der Waals surface area contributed by atoms with Crippen LogP contribution in [0.4, 0.5) is 0 Å². The van der Waals surface area contributed by atoms with Gasteiger partial charge in [-0.05, 0) is 44.5 Å². The van der Waals surface area contributed by atoms with Crippen LogP contribution >= 0.6 is 11.6 Å². The third kappa shape index (κ3) is 6.96. The van der Waals surface area contributed by atoms with Crippen molar-refractivity contribution in [3.63, 3.8) is 0 Å². The molecule has 0 saturated heterocycles. The Bertz CT molecular complexity index is 446. The van der Waals surface area contributed by atoms with E-state index in [1.54, 1.807) is 0 Å². The van der Waals surface area contributed by atoms with E-state index in [4.69, 9.17) is 11.6 Å². The van der Waals surface area contributed by atoms with Gasteiger partial charge in [0.05, 0.1) is 0 Å². The number of carbonyl (C=O) groups is 1. The Morgan fingerprint density at radius 1 is 1.29 bits per heavy atom. The number of hydrogen-bond donors (Lipinski definition) is 1. The molecule has 0 aliphatic carbocycles. The number of nitrogens with one attached hydrogen (secondary N) is 1. The normalized spacial score (nSPS) is 11.2. The average Bonchev–Trinajstić information content (AvgIpc) is 2.40. The predicted molar refractivity (Wildman–Crippen MR) is 89.5 cm³/mol. The predicted octanol–water partition coefficient (Wildman–Crippen LogP) is 3.86. The molecule has 1 amide bonds. The van der Waals surface area contributed by atoms with Crippen molar-refractivity contribution in [1.29, 1.82) is 0 Å². The Labute approximate surface area is 133 Å². The zero-order chi connectivity index (χ0) is 15.8. The van der Waals surface area contributed by atoms with Gasteiger partial charge in [0, 0.05) is 30.1 Å². The first-order valence-electron chi connectivity index (χ1n) is 7.67. The standard InChI is InChI=1S/C17H27ClN2O/c1-13(2)19-10-6-9-17(21)20(14(3)4)12-15-7-5-8-16(18)11-15/h5,7-8,11,13-14,19H,6,9-10,12H2,1-4H3. The van der Waals surface area contributed by atoms with Gasteiger partial charge < -0.3 is 10.2 Å². The van der Waals surface area contributed by atoms with E-state index >= 15 is 0 Å². The number of rotatable bonds is 8. The van der Waals surface area contributed by atoms with E-state index in [0.717, 1.165) is 18.5 Å². The molecule has 4 heteroatoms. The maximum atomic E-state index is 12.4. The van der Waals surface area contributed by atoms with Crippen LogP contribution in [0.5, 0.6) is 0 Å². The highest BCUT2D eigenvalue weighted by molar-refractivity contribution is 6.30. The molecule has 0 radical (unpaired) electrons. The minimum Gasteiger partial charge on any atom is -0.336 e. The van der Waals surface area contributed by atoms with E-state index in [9.17, 15) is 4.79 Å². The molecule has 0 bridgehead atoms. The quantitative estimate of drug-likeness (QED) is 0.740. The first-order chi connectivity index (χ1) is 9.90. The van der Waals surface area contributed by atoms with Crippen molar-refractivity contribution in [2.75, 3.05) is 6.54 Å². The zero-order valence-corrected chi connectivity index (χ0v) is 14.3. The van der Waals surface area contributed by atoms with E-state index in [1.807, 2.05) is 29.2 Å². The second kappa shape index (κ2) is 9.06. The van der Waals surface area contributed by atoms with Crippen LogP contribution in [0.1, 0.15) is 46.1 Å². The number of carbonyl (C=O) groups excluding carboxylic acids is 1. The monoisotopic (exact) mass is 310 g/mol. The molecule has 1 aromatic rings. The van der Waals surface area contributed by atoms with Gasteiger partial charge >= 0.3 is 0 Å². The molecule has 21 heavy (non-hydrogen) atoms. The van der Waals surface area contributed by atoms with Gasteiger partial charge in [-0.15, -0.1) is 0 Å². The van der Waals surface area contributed by atoms with Crippen LogP contribution in [0, 0.1) is 0 Å². The van der Waals surface area contributed by atoms with Crippen molar-refractivity contribution < 1.29 is 4.79 Å². The average molecular weight is 311 g/mol. The molecule has 0 aromatic heterocycles. The summed E-state index contributed by atoms with van der Waals surface area (Å²) in [5, 5.41) is 4.05. The Morgan fingerprint density at radius 3 is 2.57 bits per heavy atom. The minimum atomic E-state index is 0.189. The van der Waals surface area contributed by atoms with Crippen LogP contribution < -0.4 is 5.32 Å². The summed E-state index contributed by atoms with van der Waals surface area (Å²) in [6.45, 7) is 9.83. The van der Waals surface area contributed by atoms with Gasteiger partial charge in [-0.2, -0.15) is 0 Å². The van der Waals surface area contributed by atoms with E-state index < -0.39 is 0 Å². The van der Waals surface area contributed by atoms with Crippen LogP contribution in [-0.4, -0.2) is 29.4 Å². The summed E-state index contributed by atoms with van der Waals surface area (Å²) in [5.41, 5.74) is 1.07. The fourth-order valence-electron chi connectivity index (χ4n) is 2.16. The third-order valence-corrected chi connectivity index (χ3v) is 3.54. The van der Waals surface area contributed by atoms with Crippen molar-refractivity contribution in [2.45, 2.75) is 59.2 Å². The molecular weight excluding hydrogens is 284 g/mol.